The molecular weight excluding hydrogens is 470 g/mol. The van der Waals surface area contributed by atoms with Gasteiger partial charge in [0.15, 0.2) is 5.11 Å². The van der Waals surface area contributed by atoms with Crippen molar-refractivity contribution in [1.82, 2.24) is 0 Å². The molecule has 0 unspecified atom stereocenters. The zero-order chi connectivity index (χ0) is 24.0. The van der Waals surface area contributed by atoms with Gasteiger partial charge in [-0.05, 0) is 84.7 Å². The average molecular weight is 496 g/mol. The zero-order valence-corrected chi connectivity index (χ0v) is 20.7. The molecule has 0 atom stereocenters. The van der Waals surface area contributed by atoms with E-state index in [1.54, 1.807) is 11.8 Å². The van der Waals surface area contributed by atoms with E-state index in [0.29, 0.717) is 10.9 Å². The number of para-hydroxylation sites is 3. The van der Waals surface area contributed by atoms with E-state index in [2.05, 4.69) is 22.8 Å². The van der Waals surface area contributed by atoms with Gasteiger partial charge in [0.2, 0.25) is 5.91 Å². The Morgan fingerprint density at radius 2 is 1.23 bits per heavy atom. The van der Waals surface area contributed by atoms with E-state index in [9.17, 15) is 4.79 Å². The lowest BCUT2D eigenvalue weighted by atomic mass is 10.0. The third-order valence-corrected chi connectivity index (χ3v) is 7.09. The Kier molecular flexibility index (Phi) is 7.12. The monoisotopic (exact) mass is 495 g/mol. The summed E-state index contributed by atoms with van der Waals surface area (Å²) in [5.74, 6) is 0.427. The van der Waals surface area contributed by atoms with Crippen molar-refractivity contribution in [3.05, 3.63) is 114 Å². The van der Waals surface area contributed by atoms with Crippen molar-refractivity contribution in [1.29, 1.82) is 0 Å². The van der Waals surface area contributed by atoms with Gasteiger partial charge in [0.1, 0.15) is 0 Å². The summed E-state index contributed by atoms with van der Waals surface area (Å²) < 4.78 is 0. The molecule has 0 fully saturated rings. The highest BCUT2D eigenvalue weighted by Gasteiger charge is 2.25. The minimum atomic E-state index is 0.0761. The number of aryl methyl sites for hydroxylation is 2. The topological polar surface area (TPSA) is 44.4 Å². The van der Waals surface area contributed by atoms with Crippen LogP contribution in [0.1, 0.15) is 11.1 Å². The Labute approximate surface area is 215 Å². The van der Waals surface area contributed by atoms with Crippen LogP contribution in [0.4, 0.5) is 22.7 Å². The van der Waals surface area contributed by atoms with Crippen LogP contribution in [0.5, 0.6) is 0 Å². The van der Waals surface area contributed by atoms with Crippen LogP contribution in [0.3, 0.4) is 0 Å². The summed E-state index contributed by atoms with van der Waals surface area (Å²) in [5.41, 5.74) is 6.22. The molecule has 1 aliphatic heterocycles. The van der Waals surface area contributed by atoms with Crippen molar-refractivity contribution in [3.8, 4) is 0 Å². The van der Waals surface area contributed by atoms with Gasteiger partial charge >= 0.3 is 0 Å². The number of hydrogen-bond acceptors (Lipinski definition) is 3. The fraction of sp³-hybridized carbons (Fsp3) is 0.103. The third-order valence-electron chi connectivity index (χ3n) is 5.88. The first-order valence-electron chi connectivity index (χ1n) is 11.5. The lowest BCUT2D eigenvalue weighted by Crippen LogP contribution is -2.28. The Hall–Kier alpha value is -3.61. The Balaban J connectivity index is 1.25. The second-order valence-corrected chi connectivity index (χ2v) is 9.70. The maximum atomic E-state index is 13.5. The summed E-state index contributed by atoms with van der Waals surface area (Å²) in [6.45, 7) is 0. The van der Waals surface area contributed by atoms with Crippen LogP contribution in [-0.2, 0) is 17.6 Å². The number of nitrogens with zero attached hydrogens (tertiary/aromatic N) is 1. The number of rotatable bonds is 5. The van der Waals surface area contributed by atoms with E-state index in [1.165, 1.54) is 11.1 Å². The summed E-state index contributed by atoms with van der Waals surface area (Å²) in [5, 5.41) is 6.90. The second-order valence-electron chi connectivity index (χ2n) is 8.24. The van der Waals surface area contributed by atoms with Crippen LogP contribution < -0.4 is 15.5 Å². The fourth-order valence-corrected chi connectivity index (χ4v) is 5.19. The lowest BCUT2D eigenvalue weighted by molar-refractivity contribution is -0.115. The largest absolute Gasteiger partial charge is 0.332 e. The molecule has 0 aliphatic carbocycles. The van der Waals surface area contributed by atoms with Crippen LogP contribution in [0.2, 0.25) is 0 Å². The van der Waals surface area contributed by atoms with Crippen LogP contribution in [0, 0.1) is 0 Å². The molecule has 0 saturated heterocycles. The number of benzene rings is 4. The zero-order valence-electron chi connectivity index (χ0n) is 19.1. The van der Waals surface area contributed by atoms with E-state index in [1.807, 2.05) is 95.9 Å². The maximum Gasteiger partial charge on any atom is 0.241 e. The van der Waals surface area contributed by atoms with Crippen molar-refractivity contribution in [2.45, 2.75) is 17.7 Å². The maximum absolute atomic E-state index is 13.5. The molecular formula is C29H25N3OS2. The Morgan fingerprint density at radius 3 is 1.83 bits per heavy atom. The molecule has 2 N–H and O–H groups in total. The molecule has 35 heavy (non-hydrogen) atoms. The number of thioether (sulfide) groups is 1. The van der Waals surface area contributed by atoms with Gasteiger partial charge in [-0.15, -0.1) is 11.8 Å². The summed E-state index contributed by atoms with van der Waals surface area (Å²) in [4.78, 5) is 16.4. The highest BCUT2D eigenvalue weighted by molar-refractivity contribution is 8.00. The molecule has 4 nitrogen and oxygen atoms in total. The molecule has 4 aromatic rings. The van der Waals surface area contributed by atoms with Gasteiger partial charge in [0, 0.05) is 16.3 Å². The van der Waals surface area contributed by atoms with Gasteiger partial charge < -0.3 is 10.6 Å². The van der Waals surface area contributed by atoms with E-state index in [0.717, 1.165) is 40.5 Å². The fourth-order valence-electron chi connectivity index (χ4n) is 4.21. The van der Waals surface area contributed by atoms with E-state index in [-0.39, 0.29) is 5.91 Å². The van der Waals surface area contributed by atoms with Crippen molar-refractivity contribution in [2.75, 3.05) is 21.3 Å². The molecule has 0 aromatic heterocycles. The highest BCUT2D eigenvalue weighted by atomic mass is 32.2. The van der Waals surface area contributed by atoms with Crippen molar-refractivity contribution in [2.24, 2.45) is 0 Å². The molecule has 4 aromatic carbocycles. The smallest absolute Gasteiger partial charge is 0.241 e. The van der Waals surface area contributed by atoms with Crippen molar-refractivity contribution >= 4 is 57.7 Å². The minimum absolute atomic E-state index is 0.0761. The number of nitrogens with one attached hydrogen (secondary N) is 2. The van der Waals surface area contributed by atoms with Gasteiger partial charge in [0.05, 0.1) is 17.1 Å². The quantitative estimate of drug-likeness (QED) is 0.229. The SMILES string of the molecule is O=C(CSc1ccc(NC(=S)Nc2ccccc2)cc1)N1c2ccccc2CCc2ccccc21. The van der Waals surface area contributed by atoms with E-state index in [4.69, 9.17) is 12.2 Å². The Bertz CT molecular complexity index is 1290. The molecule has 1 amide bonds. The predicted molar refractivity (Wildman–Crippen MR) is 151 cm³/mol. The van der Waals surface area contributed by atoms with Gasteiger partial charge in [-0.25, -0.2) is 0 Å². The third kappa shape index (κ3) is 5.56. The van der Waals surface area contributed by atoms with Crippen molar-refractivity contribution < 1.29 is 4.79 Å². The normalized spacial score (nSPS) is 12.2. The number of thiocarbonyl (C=S) groups is 1. The number of hydrogen-bond donors (Lipinski definition) is 2. The molecule has 0 spiro atoms. The van der Waals surface area contributed by atoms with Gasteiger partial charge in [-0.1, -0.05) is 54.6 Å². The van der Waals surface area contributed by atoms with Gasteiger partial charge in [-0.3, -0.25) is 9.69 Å². The first-order valence-corrected chi connectivity index (χ1v) is 12.9. The molecule has 0 bridgehead atoms. The molecule has 0 radical (unpaired) electrons. The van der Waals surface area contributed by atoms with Gasteiger partial charge in [-0.2, -0.15) is 0 Å². The van der Waals surface area contributed by atoms with Gasteiger partial charge in [0.25, 0.3) is 0 Å². The highest BCUT2D eigenvalue weighted by Crippen LogP contribution is 2.36. The Morgan fingerprint density at radius 1 is 0.714 bits per heavy atom. The summed E-state index contributed by atoms with van der Waals surface area (Å²) in [6.07, 6.45) is 1.86. The molecule has 6 heteroatoms. The van der Waals surface area contributed by atoms with Crippen LogP contribution in [0.25, 0.3) is 0 Å². The molecule has 174 valence electrons. The number of fused-ring (bicyclic) bond motifs is 2. The minimum Gasteiger partial charge on any atom is -0.332 e. The molecule has 0 saturated carbocycles. The van der Waals surface area contributed by atoms with Crippen LogP contribution in [0.15, 0.2) is 108 Å². The molecule has 1 heterocycles. The first-order chi connectivity index (χ1) is 17.2. The number of carbonyl (C=O) groups is 1. The lowest BCUT2D eigenvalue weighted by Gasteiger charge is -2.25. The van der Waals surface area contributed by atoms with E-state index < -0.39 is 0 Å². The van der Waals surface area contributed by atoms with Crippen LogP contribution in [-0.4, -0.2) is 16.8 Å². The standard InChI is InChI=1S/C29H25N3OS2/c33-28(32-26-12-6-4-8-21(26)14-15-22-9-5-7-13-27(22)32)20-35-25-18-16-24(17-19-25)31-29(34)30-23-10-2-1-3-11-23/h1-13,16-19H,14-15,20H2,(H2,30,31,34). The predicted octanol–water partition coefficient (Wildman–Crippen LogP) is 7.05. The molecule has 5 rings (SSSR count). The van der Waals surface area contributed by atoms with E-state index >= 15 is 0 Å². The second kappa shape index (κ2) is 10.8. The van der Waals surface area contributed by atoms with Crippen LogP contribution >= 0.6 is 24.0 Å². The summed E-state index contributed by atoms with van der Waals surface area (Å²) >= 11 is 6.95. The molecule has 1 aliphatic rings. The number of anilines is 4. The summed E-state index contributed by atoms with van der Waals surface area (Å²) in [7, 11) is 0. The average Bonchev–Trinajstić information content (AvgIpc) is 3.06. The first kappa shape index (κ1) is 23.1. The summed E-state index contributed by atoms with van der Waals surface area (Å²) in [6, 6.07) is 34.2. The van der Waals surface area contributed by atoms with Crippen molar-refractivity contribution in [3.63, 3.8) is 0 Å². The number of amides is 1. The number of carbonyl (C=O) groups excluding carboxylic acids is 1.